The van der Waals surface area contributed by atoms with Gasteiger partial charge >= 0.3 is 6.03 Å². The van der Waals surface area contributed by atoms with Crippen molar-refractivity contribution in [2.24, 2.45) is 28.2 Å². The third-order valence-corrected chi connectivity index (χ3v) is 1.08. The molecular weight excluding hydrogens is 182 g/mol. The van der Waals surface area contributed by atoms with E-state index in [9.17, 15) is 4.79 Å². The van der Waals surface area contributed by atoms with Gasteiger partial charge in [0, 0.05) is 6.54 Å². The number of nitrogens with two attached hydrogens (primary N) is 3. The molecule has 0 heterocycles. The summed E-state index contributed by atoms with van der Waals surface area (Å²) in [5.74, 6) is 5.72. The van der Waals surface area contributed by atoms with Crippen molar-refractivity contribution in [3.05, 3.63) is 0 Å². The molecule has 0 aromatic heterocycles. The van der Waals surface area contributed by atoms with E-state index in [4.69, 9.17) is 17.3 Å². The van der Waals surface area contributed by atoms with Gasteiger partial charge in [0.25, 0.3) is 0 Å². The SMILES string of the molecule is CC.CC(C)CN(N)/C(N)=N/C(N)=O. The molecule has 0 bridgehead atoms. The van der Waals surface area contributed by atoms with Crippen LogP contribution in [-0.4, -0.2) is 23.5 Å². The predicted molar refractivity (Wildman–Crippen MR) is 58.3 cm³/mol. The molecule has 6 N–H and O–H groups in total. The number of amides is 2. The number of nitrogens with zero attached hydrogens (tertiary/aromatic N) is 2. The van der Waals surface area contributed by atoms with Crippen LogP contribution in [0.5, 0.6) is 0 Å². The van der Waals surface area contributed by atoms with E-state index in [-0.39, 0.29) is 5.96 Å². The number of aliphatic imine (C=N–C) groups is 1. The van der Waals surface area contributed by atoms with Crippen LogP contribution >= 0.6 is 0 Å². The fraction of sp³-hybridized carbons (Fsp3) is 0.750. The highest BCUT2D eigenvalue weighted by Gasteiger charge is 2.05. The molecule has 0 aliphatic rings. The minimum atomic E-state index is -0.841. The Balaban J connectivity index is 0. The Labute approximate surface area is 85.1 Å². The average molecular weight is 203 g/mol. The minimum Gasteiger partial charge on any atom is -0.368 e. The van der Waals surface area contributed by atoms with E-state index < -0.39 is 6.03 Å². The zero-order valence-corrected chi connectivity index (χ0v) is 9.32. The number of carbonyl (C=O) groups is 1. The zero-order chi connectivity index (χ0) is 11.7. The first-order valence-corrected chi connectivity index (χ1v) is 4.59. The normalized spacial score (nSPS) is 10.6. The molecule has 0 aliphatic carbocycles. The lowest BCUT2D eigenvalue weighted by molar-refractivity contribution is 0.256. The number of guanidine groups is 1. The maximum atomic E-state index is 10.3. The van der Waals surface area contributed by atoms with Gasteiger partial charge in [-0.3, -0.25) is 5.01 Å². The Kier molecular flexibility index (Phi) is 9.01. The summed E-state index contributed by atoms with van der Waals surface area (Å²) in [5.41, 5.74) is 10.1. The van der Waals surface area contributed by atoms with Crippen molar-refractivity contribution in [2.45, 2.75) is 27.7 Å². The Morgan fingerprint density at radius 3 is 2.07 bits per heavy atom. The molecule has 0 unspecified atom stereocenters. The summed E-state index contributed by atoms with van der Waals surface area (Å²) in [7, 11) is 0. The van der Waals surface area contributed by atoms with Crippen molar-refractivity contribution < 1.29 is 4.79 Å². The number of hydrogen-bond acceptors (Lipinski definition) is 2. The number of hydrogen-bond donors (Lipinski definition) is 3. The molecule has 0 atom stereocenters. The van der Waals surface area contributed by atoms with E-state index in [1.54, 1.807) is 0 Å². The first kappa shape index (κ1) is 15.2. The third-order valence-electron chi connectivity index (χ3n) is 1.08. The van der Waals surface area contributed by atoms with Crippen LogP contribution in [0.3, 0.4) is 0 Å². The number of primary amides is 1. The standard InChI is InChI=1S/C6H15N5O.C2H6/c1-4(2)3-11(9)5(7)10-6(8)12;1-2/h4H,3,9H2,1-2H3,(H4,7,8,10,12);1-2H3. The van der Waals surface area contributed by atoms with Crippen molar-refractivity contribution in [1.82, 2.24) is 5.01 Å². The van der Waals surface area contributed by atoms with Gasteiger partial charge in [-0.1, -0.05) is 27.7 Å². The van der Waals surface area contributed by atoms with Gasteiger partial charge in [0.05, 0.1) is 0 Å². The summed E-state index contributed by atoms with van der Waals surface area (Å²) >= 11 is 0. The van der Waals surface area contributed by atoms with Crippen LogP contribution in [-0.2, 0) is 0 Å². The Bertz CT molecular complexity index is 190. The zero-order valence-electron chi connectivity index (χ0n) is 9.32. The van der Waals surface area contributed by atoms with Crippen LogP contribution in [0.2, 0.25) is 0 Å². The molecule has 0 aromatic rings. The highest BCUT2D eigenvalue weighted by atomic mass is 16.2. The summed E-state index contributed by atoms with van der Waals surface area (Å²) in [6.45, 7) is 8.47. The summed E-state index contributed by atoms with van der Waals surface area (Å²) in [6, 6.07) is -0.841. The van der Waals surface area contributed by atoms with Gasteiger partial charge in [-0.05, 0) is 5.92 Å². The van der Waals surface area contributed by atoms with Crippen molar-refractivity contribution in [3.63, 3.8) is 0 Å². The van der Waals surface area contributed by atoms with E-state index in [1.165, 1.54) is 5.01 Å². The molecule has 0 saturated carbocycles. The van der Waals surface area contributed by atoms with Crippen LogP contribution < -0.4 is 17.3 Å². The summed E-state index contributed by atoms with van der Waals surface area (Å²) in [4.78, 5) is 13.5. The van der Waals surface area contributed by atoms with E-state index in [0.29, 0.717) is 12.5 Å². The quantitative estimate of drug-likeness (QED) is 0.258. The largest absolute Gasteiger partial charge is 0.368 e. The van der Waals surface area contributed by atoms with Crippen molar-refractivity contribution >= 4 is 12.0 Å². The minimum absolute atomic E-state index is 0.0591. The first-order chi connectivity index (χ1) is 6.43. The fourth-order valence-corrected chi connectivity index (χ4v) is 0.664. The van der Waals surface area contributed by atoms with Crippen molar-refractivity contribution in [3.8, 4) is 0 Å². The molecule has 0 spiro atoms. The smallest absolute Gasteiger partial charge is 0.341 e. The molecular formula is C8H21N5O. The second-order valence-electron chi connectivity index (χ2n) is 2.85. The molecule has 14 heavy (non-hydrogen) atoms. The second-order valence-corrected chi connectivity index (χ2v) is 2.85. The van der Waals surface area contributed by atoms with Crippen LogP contribution in [0, 0.1) is 5.92 Å². The Morgan fingerprint density at radius 1 is 1.36 bits per heavy atom. The molecule has 0 radical (unpaired) electrons. The first-order valence-electron chi connectivity index (χ1n) is 4.59. The lowest BCUT2D eigenvalue weighted by Crippen LogP contribution is -2.45. The monoisotopic (exact) mass is 203 g/mol. The van der Waals surface area contributed by atoms with Gasteiger partial charge in [-0.2, -0.15) is 4.99 Å². The van der Waals surface area contributed by atoms with Crippen LogP contribution in [0.1, 0.15) is 27.7 Å². The van der Waals surface area contributed by atoms with Gasteiger partial charge in [0.1, 0.15) is 0 Å². The van der Waals surface area contributed by atoms with Crippen LogP contribution in [0.4, 0.5) is 4.79 Å². The highest BCUT2D eigenvalue weighted by molar-refractivity contribution is 5.90. The van der Waals surface area contributed by atoms with Crippen LogP contribution in [0.15, 0.2) is 4.99 Å². The summed E-state index contributed by atoms with van der Waals surface area (Å²) in [6.07, 6.45) is 0. The van der Waals surface area contributed by atoms with Crippen LogP contribution in [0.25, 0.3) is 0 Å². The molecule has 6 heteroatoms. The number of carbonyl (C=O) groups excluding carboxylic acids is 1. The van der Waals surface area contributed by atoms with E-state index >= 15 is 0 Å². The Morgan fingerprint density at radius 2 is 1.79 bits per heavy atom. The number of hydrazine groups is 1. The van der Waals surface area contributed by atoms with Gasteiger partial charge in [0.2, 0.25) is 5.96 Å². The van der Waals surface area contributed by atoms with E-state index in [1.807, 2.05) is 27.7 Å². The Hall–Kier alpha value is -1.30. The molecule has 84 valence electrons. The van der Waals surface area contributed by atoms with E-state index in [0.717, 1.165) is 0 Å². The topological polar surface area (TPSA) is 111 Å². The second kappa shape index (κ2) is 8.31. The van der Waals surface area contributed by atoms with E-state index in [2.05, 4.69) is 4.99 Å². The van der Waals surface area contributed by atoms with Crippen molar-refractivity contribution in [2.75, 3.05) is 6.54 Å². The average Bonchev–Trinajstić information content (AvgIpc) is 2.05. The molecule has 0 aliphatic heterocycles. The predicted octanol–water partition coefficient (Wildman–Crippen LogP) is 0.238. The lowest BCUT2D eigenvalue weighted by atomic mass is 10.2. The van der Waals surface area contributed by atoms with Crippen molar-refractivity contribution in [1.29, 1.82) is 0 Å². The summed E-state index contributed by atoms with van der Waals surface area (Å²) in [5, 5.41) is 1.19. The molecule has 0 saturated heterocycles. The molecule has 0 aromatic carbocycles. The van der Waals surface area contributed by atoms with Gasteiger partial charge < -0.3 is 11.5 Å². The third kappa shape index (κ3) is 8.79. The molecule has 0 rings (SSSR count). The maximum Gasteiger partial charge on any atom is 0.341 e. The maximum absolute atomic E-state index is 10.3. The molecule has 0 fully saturated rings. The van der Waals surface area contributed by atoms with Gasteiger partial charge in [0.15, 0.2) is 0 Å². The highest BCUT2D eigenvalue weighted by Crippen LogP contribution is 1.92. The van der Waals surface area contributed by atoms with Gasteiger partial charge in [-0.15, -0.1) is 0 Å². The fourth-order valence-electron chi connectivity index (χ4n) is 0.664. The summed E-state index contributed by atoms with van der Waals surface area (Å²) < 4.78 is 0. The molecule has 6 nitrogen and oxygen atoms in total. The molecule has 2 amide bonds. The number of urea groups is 1. The number of rotatable bonds is 2. The van der Waals surface area contributed by atoms with Gasteiger partial charge in [-0.25, -0.2) is 10.6 Å². The lowest BCUT2D eigenvalue weighted by Gasteiger charge is -2.18.